The van der Waals surface area contributed by atoms with Crippen LogP contribution in [-0.4, -0.2) is 6.61 Å². The number of unbranched alkanes of at least 4 members (excludes halogenated alkanes) is 1. The Kier molecular flexibility index (Phi) is 4.96. The van der Waals surface area contributed by atoms with Gasteiger partial charge in [0.05, 0.1) is 0 Å². The Labute approximate surface area is 92.8 Å². The highest BCUT2D eigenvalue weighted by Gasteiger charge is 1.97. The summed E-state index contributed by atoms with van der Waals surface area (Å²) in [5, 5.41) is 0. The molecule has 82 valence electrons. The molecule has 15 heavy (non-hydrogen) atoms. The zero-order valence-electron chi connectivity index (χ0n) is 9.92. The van der Waals surface area contributed by atoms with E-state index in [0.29, 0.717) is 6.61 Å². The van der Waals surface area contributed by atoms with E-state index in [1.165, 1.54) is 17.5 Å². The van der Waals surface area contributed by atoms with Crippen LogP contribution in [0.1, 0.15) is 30.9 Å². The fraction of sp³-hybridized carbons (Fsp3) is 0.429. The second kappa shape index (κ2) is 6.28. The minimum Gasteiger partial charge on any atom is -0.489 e. The van der Waals surface area contributed by atoms with Crippen LogP contribution in [0.4, 0.5) is 0 Å². The number of benzene rings is 1. The van der Waals surface area contributed by atoms with Crippen LogP contribution in [0.2, 0.25) is 0 Å². The van der Waals surface area contributed by atoms with Crippen LogP contribution in [0, 0.1) is 13.8 Å². The van der Waals surface area contributed by atoms with Crippen LogP contribution in [0.15, 0.2) is 30.4 Å². The van der Waals surface area contributed by atoms with Crippen LogP contribution in [0.3, 0.4) is 0 Å². The Morgan fingerprint density at radius 3 is 2.67 bits per heavy atom. The molecule has 0 aliphatic heterocycles. The second-order valence-corrected chi connectivity index (χ2v) is 3.84. The van der Waals surface area contributed by atoms with Gasteiger partial charge in [-0.25, -0.2) is 0 Å². The maximum atomic E-state index is 5.65. The number of rotatable bonds is 5. The molecule has 1 nitrogen and oxygen atoms in total. The molecule has 0 unspecified atom stereocenters. The van der Waals surface area contributed by atoms with Crippen molar-refractivity contribution in [2.45, 2.75) is 33.6 Å². The summed E-state index contributed by atoms with van der Waals surface area (Å²) in [4.78, 5) is 0. The molecule has 0 spiro atoms. The zero-order chi connectivity index (χ0) is 11.1. The van der Waals surface area contributed by atoms with Crippen molar-refractivity contribution in [3.63, 3.8) is 0 Å². The Morgan fingerprint density at radius 2 is 2.00 bits per heavy atom. The molecule has 0 N–H and O–H groups in total. The SMILES string of the molecule is CCC/C=C\COc1ccc(C)cc1C. The smallest absolute Gasteiger partial charge is 0.122 e. The molecule has 0 saturated carbocycles. The highest BCUT2D eigenvalue weighted by molar-refractivity contribution is 5.35. The van der Waals surface area contributed by atoms with E-state index >= 15 is 0 Å². The predicted molar refractivity (Wildman–Crippen MR) is 65.5 cm³/mol. The predicted octanol–water partition coefficient (Wildman–Crippen LogP) is 4.04. The van der Waals surface area contributed by atoms with E-state index in [9.17, 15) is 0 Å². The first-order chi connectivity index (χ1) is 7.24. The van der Waals surface area contributed by atoms with E-state index in [2.05, 4.69) is 45.1 Å². The van der Waals surface area contributed by atoms with Crippen molar-refractivity contribution in [2.24, 2.45) is 0 Å². The van der Waals surface area contributed by atoms with E-state index in [-0.39, 0.29) is 0 Å². The van der Waals surface area contributed by atoms with Crippen molar-refractivity contribution in [1.29, 1.82) is 0 Å². The molecule has 1 aromatic rings. The molecular formula is C14H20O. The highest BCUT2D eigenvalue weighted by Crippen LogP contribution is 2.18. The van der Waals surface area contributed by atoms with E-state index in [1.54, 1.807) is 0 Å². The molecule has 0 fully saturated rings. The van der Waals surface area contributed by atoms with Gasteiger partial charge in [0.15, 0.2) is 0 Å². The average Bonchev–Trinajstić information content (AvgIpc) is 2.20. The molecular weight excluding hydrogens is 184 g/mol. The minimum absolute atomic E-state index is 0.671. The van der Waals surface area contributed by atoms with Gasteiger partial charge in [0, 0.05) is 0 Å². The van der Waals surface area contributed by atoms with Gasteiger partial charge in [-0.15, -0.1) is 0 Å². The quantitative estimate of drug-likeness (QED) is 0.658. The summed E-state index contributed by atoms with van der Waals surface area (Å²) in [5.74, 6) is 0.988. The van der Waals surface area contributed by atoms with Gasteiger partial charge in [0.2, 0.25) is 0 Å². The fourth-order valence-electron chi connectivity index (χ4n) is 1.45. The summed E-state index contributed by atoms with van der Waals surface area (Å²) >= 11 is 0. The Morgan fingerprint density at radius 1 is 1.20 bits per heavy atom. The summed E-state index contributed by atoms with van der Waals surface area (Å²) in [6, 6.07) is 6.27. The summed E-state index contributed by atoms with van der Waals surface area (Å²) in [6.07, 6.45) is 6.59. The molecule has 0 aliphatic rings. The topological polar surface area (TPSA) is 9.23 Å². The standard InChI is InChI=1S/C14H20O/c1-4-5-6-7-10-15-14-9-8-12(2)11-13(14)3/h6-9,11H,4-5,10H2,1-3H3/b7-6-. The first-order valence-corrected chi connectivity index (χ1v) is 5.59. The molecule has 0 aliphatic carbocycles. The Balaban J connectivity index is 2.44. The summed E-state index contributed by atoms with van der Waals surface area (Å²) in [7, 11) is 0. The molecule has 0 saturated heterocycles. The van der Waals surface area contributed by atoms with Crippen molar-refractivity contribution in [3.05, 3.63) is 41.5 Å². The van der Waals surface area contributed by atoms with Crippen molar-refractivity contribution in [3.8, 4) is 5.75 Å². The van der Waals surface area contributed by atoms with Crippen molar-refractivity contribution >= 4 is 0 Å². The molecule has 0 aromatic heterocycles. The van der Waals surface area contributed by atoms with Crippen LogP contribution >= 0.6 is 0 Å². The maximum absolute atomic E-state index is 5.65. The summed E-state index contributed by atoms with van der Waals surface area (Å²) in [5.41, 5.74) is 2.49. The minimum atomic E-state index is 0.671. The van der Waals surface area contributed by atoms with Crippen molar-refractivity contribution in [2.75, 3.05) is 6.61 Å². The third-order valence-electron chi connectivity index (χ3n) is 2.29. The van der Waals surface area contributed by atoms with Gasteiger partial charge in [-0.1, -0.05) is 43.2 Å². The van der Waals surface area contributed by atoms with Gasteiger partial charge in [-0.3, -0.25) is 0 Å². The Bertz CT molecular complexity index is 326. The normalized spacial score (nSPS) is 10.9. The molecule has 0 radical (unpaired) electrons. The first-order valence-electron chi connectivity index (χ1n) is 5.59. The van der Waals surface area contributed by atoms with Gasteiger partial charge in [-0.2, -0.15) is 0 Å². The molecule has 0 atom stereocenters. The van der Waals surface area contributed by atoms with E-state index in [4.69, 9.17) is 4.74 Å². The average molecular weight is 204 g/mol. The van der Waals surface area contributed by atoms with Gasteiger partial charge < -0.3 is 4.74 Å². The van der Waals surface area contributed by atoms with Gasteiger partial charge in [0.1, 0.15) is 12.4 Å². The van der Waals surface area contributed by atoms with Crippen LogP contribution in [0.25, 0.3) is 0 Å². The van der Waals surface area contributed by atoms with E-state index < -0.39 is 0 Å². The van der Waals surface area contributed by atoms with Crippen LogP contribution < -0.4 is 4.74 Å². The first kappa shape index (κ1) is 11.8. The molecule has 0 amide bonds. The number of hydrogen-bond acceptors (Lipinski definition) is 1. The fourth-order valence-corrected chi connectivity index (χ4v) is 1.45. The van der Waals surface area contributed by atoms with Gasteiger partial charge in [-0.05, 0) is 31.9 Å². The Hall–Kier alpha value is -1.24. The highest BCUT2D eigenvalue weighted by atomic mass is 16.5. The third kappa shape index (κ3) is 4.20. The number of allylic oxidation sites excluding steroid dienone is 1. The lowest BCUT2D eigenvalue weighted by molar-refractivity contribution is 0.360. The molecule has 1 rings (SSSR count). The maximum Gasteiger partial charge on any atom is 0.122 e. The molecule has 1 aromatic carbocycles. The van der Waals surface area contributed by atoms with Crippen molar-refractivity contribution in [1.82, 2.24) is 0 Å². The van der Waals surface area contributed by atoms with E-state index in [0.717, 1.165) is 12.2 Å². The van der Waals surface area contributed by atoms with Crippen molar-refractivity contribution < 1.29 is 4.74 Å². The lowest BCUT2D eigenvalue weighted by Crippen LogP contribution is -1.95. The summed E-state index contributed by atoms with van der Waals surface area (Å²) < 4.78 is 5.65. The number of ether oxygens (including phenoxy) is 1. The van der Waals surface area contributed by atoms with Gasteiger partial charge >= 0.3 is 0 Å². The van der Waals surface area contributed by atoms with E-state index in [1.807, 2.05) is 6.07 Å². The molecule has 1 heteroatoms. The number of hydrogen-bond donors (Lipinski definition) is 0. The zero-order valence-corrected chi connectivity index (χ0v) is 9.92. The largest absolute Gasteiger partial charge is 0.489 e. The third-order valence-corrected chi connectivity index (χ3v) is 2.29. The van der Waals surface area contributed by atoms with Crippen LogP contribution in [-0.2, 0) is 0 Å². The van der Waals surface area contributed by atoms with Crippen LogP contribution in [0.5, 0.6) is 5.75 Å². The lowest BCUT2D eigenvalue weighted by Gasteiger charge is -2.07. The monoisotopic (exact) mass is 204 g/mol. The molecule has 0 bridgehead atoms. The lowest BCUT2D eigenvalue weighted by atomic mass is 10.1. The summed E-state index contributed by atoms with van der Waals surface area (Å²) in [6.45, 7) is 7.02. The molecule has 0 heterocycles. The number of aryl methyl sites for hydroxylation is 2. The second-order valence-electron chi connectivity index (χ2n) is 3.84. The van der Waals surface area contributed by atoms with Gasteiger partial charge in [0.25, 0.3) is 0 Å².